The number of piperidine rings is 1. The van der Waals surface area contributed by atoms with Crippen molar-refractivity contribution in [2.45, 2.75) is 25.4 Å². The first kappa shape index (κ1) is 14.9. The van der Waals surface area contributed by atoms with Crippen LogP contribution in [0.1, 0.15) is 29.9 Å². The number of hydrogen-bond donors (Lipinski definition) is 2. The van der Waals surface area contributed by atoms with Crippen LogP contribution in [0.5, 0.6) is 5.75 Å². The molecule has 0 saturated carbocycles. The number of para-hydroxylation sites is 1. The molecule has 0 spiro atoms. The summed E-state index contributed by atoms with van der Waals surface area (Å²) in [5.41, 5.74) is 2.68. The summed E-state index contributed by atoms with van der Waals surface area (Å²) in [6, 6.07) is 12.3. The van der Waals surface area contributed by atoms with Gasteiger partial charge in [0.05, 0.1) is 6.61 Å². The Hall–Kier alpha value is -2.07. The van der Waals surface area contributed by atoms with Crippen LogP contribution in [0.15, 0.2) is 42.5 Å². The van der Waals surface area contributed by atoms with Gasteiger partial charge in [-0.2, -0.15) is 0 Å². The van der Waals surface area contributed by atoms with Crippen molar-refractivity contribution in [1.29, 1.82) is 0 Å². The number of aliphatic hydroxyl groups is 1. The number of nitrogens with zero attached hydrogens (tertiary/aromatic N) is 1. The lowest BCUT2D eigenvalue weighted by atomic mass is 9.88. The Bertz CT molecular complexity index is 651. The Morgan fingerprint density at radius 3 is 2.50 bits per heavy atom. The molecule has 1 aliphatic heterocycles. The summed E-state index contributed by atoms with van der Waals surface area (Å²) in [6.45, 7) is 1.70. The average Bonchev–Trinajstić information content (AvgIpc) is 2.55. The van der Waals surface area contributed by atoms with E-state index in [-0.39, 0.29) is 24.1 Å². The van der Waals surface area contributed by atoms with Gasteiger partial charge >= 0.3 is 0 Å². The molecule has 2 aromatic carbocycles. The molecule has 116 valence electrons. The number of hydrogen-bond acceptors (Lipinski definition) is 3. The maximum absolute atomic E-state index is 14.0. The predicted octanol–water partition coefficient (Wildman–Crippen LogP) is 3.41. The lowest BCUT2D eigenvalue weighted by Crippen LogP contribution is -2.33. The monoisotopic (exact) mass is 301 g/mol. The van der Waals surface area contributed by atoms with Gasteiger partial charge in [-0.1, -0.05) is 24.3 Å². The summed E-state index contributed by atoms with van der Waals surface area (Å²) in [5.74, 6) is -0.178. The zero-order chi connectivity index (χ0) is 15.5. The maximum atomic E-state index is 14.0. The maximum Gasteiger partial charge on any atom is 0.130 e. The summed E-state index contributed by atoms with van der Waals surface area (Å²) in [7, 11) is 0. The second kappa shape index (κ2) is 6.36. The minimum atomic E-state index is -0.325. The first-order valence-corrected chi connectivity index (χ1v) is 7.61. The SMILES string of the molecule is OCc1ccccc1N1CCC(c2ccc(O)cc2F)CC1. The second-order valence-corrected chi connectivity index (χ2v) is 5.75. The third-order valence-corrected chi connectivity index (χ3v) is 4.42. The molecule has 1 heterocycles. The van der Waals surface area contributed by atoms with Crippen LogP contribution in [-0.4, -0.2) is 23.3 Å². The van der Waals surface area contributed by atoms with E-state index in [1.807, 2.05) is 24.3 Å². The van der Waals surface area contributed by atoms with E-state index >= 15 is 0 Å². The van der Waals surface area contributed by atoms with Gasteiger partial charge in [0.1, 0.15) is 11.6 Å². The highest BCUT2D eigenvalue weighted by Gasteiger charge is 2.24. The van der Waals surface area contributed by atoms with Gasteiger partial charge in [0.15, 0.2) is 0 Å². The minimum absolute atomic E-state index is 0.0304. The fraction of sp³-hybridized carbons (Fsp3) is 0.333. The van der Waals surface area contributed by atoms with E-state index in [0.717, 1.165) is 37.2 Å². The first-order chi connectivity index (χ1) is 10.7. The Kier molecular flexibility index (Phi) is 4.29. The molecule has 0 bridgehead atoms. The van der Waals surface area contributed by atoms with Gasteiger partial charge in [-0.25, -0.2) is 4.39 Å². The topological polar surface area (TPSA) is 43.7 Å². The first-order valence-electron chi connectivity index (χ1n) is 7.61. The van der Waals surface area contributed by atoms with Gasteiger partial charge in [0, 0.05) is 30.4 Å². The third-order valence-electron chi connectivity index (χ3n) is 4.42. The number of phenols is 1. The van der Waals surface area contributed by atoms with Gasteiger partial charge in [-0.15, -0.1) is 0 Å². The van der Waals surface area contributed by atoms with Gasteiger partial charge in [0.2, 0.25) is 0 Å². The van der Waals surface area contributed by atoms with Gasteiger partial charge in [-0.05, 0) is 36.5 Å². The molecular formula is C18H20FNO2. The Morgan fingerprint density at radius 2 is 1.82 bits per heavy atom. The van der Waals surface area contributed by atoms with E-state index < -0.39 is 0 Å². The highest BCUT2D eigenvalue weighted by atomic mass is 19.1. The molecule has 0 aromatic heterocycles. The van der Waals surface area contributed by atoms with Crippen LogP contribution in [0.25, 0.3) is 0 Å². The zero-order valence-corrected chi connectivity index (χ0v) is 12.4. The normalized spacial score (nSPS) is 16.0. The Morgan fingerprint density at radius 1 is 1.09 bits per heavy atom. The van der Waals surface area contributed by atoms with E-state index in [0.29, 0.717) is 5.56 Å². The summed E-state index contributed by atoms with van der Waals surface area (Å²) >= 11 is 0. The van der Waals surface area contributed by atoms with Gasteiger partial charge in [0.25, 0.3) is 0 Å². The largest absolute Gasteiger partial charge is 0.508 e. The van der Waals surface area contributed by atoms with E-state index in [1.165, 1.54) is 6.07 Å². The molecule has 2 aromatic rings. The van der Waals surface area contributed by atoms with Crippen molar-refractivity contribution >= 4 is 5.69 Å². The number of rotatable bonds is 3. The predicted molar refractivity (Wildman–Crippen MR) is 84.6 cm³/mol. The number of aliphatic hydroxyl groups excluding tert-OH is 1. The van der Waals surface area contributed by atoms with Crippen molar-refractivity contribution in [3.63, 3.8) is 0 Å². The molecule has 0 amide bonds. The smallest absolute Gasteiger partial charge is 0.130 e. The standard InChI is InChI=1S/C18H20FNO2/c19-17-11-15(22)5-6-16(17)13-7-9-20(10-8-13)18-4-2-1-3-14(18)12-21/h1-6,11,13,21-22H,7-10,12H2. The molecule has 22 heavy (non-hydrogen) atoms. The van der Waals surface area contributed by atoms with E-state index in [9.17, 15) is 14.6 Å². The number of benzene rings is 2. The highest BCUT2D eigenvalue weighted by molar-refractivity contribution is 5.53. The number of anilines is 1. The Labute approximate surface area is 129 Å². The van der Waals surface area contributed by atoms with Crippen LogP contribution in [-0.2, 0) is 6.61 Å². The van der Waals surface area contributed by atoms with E-state index in [2.05, 4.69) is 4.90 Å². The molecule has 3 rings (SSSR count). The molecule has 0 aliphatic carbocycles. The molecule has 0 unspecified atom stereocenters. The third kappa shape index (κ3) is 2.92. The van der Waals surface area contributed by atoms with Crippen molar-refractivity contribution < 1.29 is 14.6 Å². The van der Waals surface area contributed by atoms with Crippen molar-refractivity contribution in [2.24, 2.45) is 0 Å². The van der Waals surface area contributed by atoms with Crippen molar-refractivity contribution in [2.75, 3.05) is 18.0 Å². The molecule has 0 atom stereocenters. The minimum Gasteiger partial charge on any atom is -0.508 e. The van der Waals surface area contributed by atoms with Crippen molar-refractivity contribution in [1.82, 2.24) is 0 Å². The van der Waals surface area contributed by atoms with Gasteiger partial charge < -0.3 is 15.1 Å². The lowest BCUT2D eigenvalue weighted by molar-refractivity contribution is 0.282. The van der Waals surface area contributed by atoms with E-state index in [1.54, 1.807) is 12.1 Å². The van der Waals surface area contributed by atoms with Crippen LogP contribution in [0.4, 0.5) is 10.1 Å². The molecule has 1 saturated heterocycles. The van der Waals surface area contributed by atoms with Gasteiger partial charge in [-0.3, -0.25) is 0 Å². The number of phenolic OH excluding ortho intramolecular Hbond substituents is 1. The van der Waals surface area contributed by atoms with Crippen LogP contribution < -0.4 is 4.90 Å². The summed E-state index contributed by atoms with van der Waals surface area (Å²) in [6.07, 6.45) is 1.73. The average molecular weight is 301 g/mol. The molecule has 4 heteroatoms. The molecule has 0 radical (unpaired) electrons. The van der Waals surface area contributed by atoms with Crippen LogP contribution in [0.3, 0.4) is 0 Å². The van der Waals surface area contributed by atoms with Crippen molar-refractivity contribution in [3.05, 3.63) is 59.4 Å². The second-order valence-electron chi connectivity index (χ2n) is 5.75. The Balaban J connectivity index is 1.72. The van der Waals surface area contributed by atoms with Crippen LogP contribution >= 0.6 is 0 Å². The molecular weight excluding hydrogens is 281 g/mol. The quantitative estimate of drug-likeness (QED) is 0.913. The molecule has 3 nitrogen and oxygen atoms in total. The van der Waals surface area contributed by atoms with E-state index in [4.69, 9.17) is 0 Å². The number of aromatic hydroxyl groups is 1. The molecule has 2 N–H and O–H groups in total. The molecule has 1 aliphatic rings. The summed E-state index contributed by atoms with van der Waals surface area (Å²) in [5, 5.41) is 18.8. The lowest BCUT2D eigenvalue weighted by Gasteiger charge is -2.35. The van der Waals surface area contributed by atoms with Crippen LogP contribution in [0.2, 0.25) is 0 Å². The summed E-state index contributed by atoms with van der Waals surface area (Å²) < 4.78 is 14.0. The zero-order valence-electron chi connectivity index (χ0n) is 12.4. The van der Waals surface area contributed by atoms with Crippen molar-refractivity contribution in [3.8, 4) is 5.75 Å². The van der Waals surface area contributed by atoms with Crippen LogP contribution in [0, 0.1) is 5.82 Å². The fourth-order valence-corrected chi connectivity index (χ4v) is 3.23. The highest BCUT2D eigenvalue weighted by Crippen LogP contribution is 2.33. The summed E-state index contributed by atoms with van der Waals surface area (Å²) in [4.78, 5) is 2.25. The number of halogens is 1. The molecule has 1 fully saturated rings. The fourth-order valence-electron chi connectivity index (χ4n) is 3.23.